The lowest BCUT2D eigenvalue weighted by molar-refractivity contribution is 0.298. The van der Waals surface area contributed by atoms with Gasteiger partial charge in [0, 0.05) is 25.3 Å². The number of aliphatic hydroxyl groups excluding tert-OH is 1. The molecule has 3 heterocycles. The highest BCUT2D eigenvalue weighted by molar-refractivity contribution is 7.14. The predicted molar refractivity (Wildman–Crippen MR) is 67.0 cm³/mol. The fourth-order valence-corrected chi connectivity index (χ4v) is 2.34. The van der Waals surface area contributed by atoms with E-state index in [0.29, 0.717) is 29.3 Å². The first-order valence-corrected chi connectivity index (χ1v) is 6.46. The van der Waals surface area contributed by atoms with Crippen LogP contribution in [-0.4, -0.2) is 41.3 Å². The number of fused-ring (bicyclic) bond motifs is 1. The van der Waals surface area contributed by atoms with Gasteiger partial charge in [-0.3, -0.25) is 4.79 Å². The molecule has 0 aliphatic carbocycles. The molecule has 1 N–H and O–H groups in total. The Kier molecular flexibility index (Phi) is 3.05. The molecule has 0 unspecified atom stereocenters. The molecule has 8 nitrogen and oxygen atoms in total. The van der Waals surface area contributed by atoms with Crippen LogP contribution in [0, 0.1) is 0 Å². The second-order valence-electron chi connectivity index (χ2n) is 3.90. The first-order valence-electron chi connectivity index (χ1n) is 5.58. The molecule has 19 heavy (non-hydrogen) atoms. The van der Waals surface area contributed by atoms with Gasteiger partial charge in [-0.05, 0) is 0 Å². The van der Waals surface area contributed by atoms with Crippen molar-refractivity contribution in [1.29, 1.82) is 0 Å². The average Bonchev–Trinajstić information content (AvgIpc) is 2.99. The lowest BCUT2D eigenvalue weighted by Crippen LogP contribution is -2.16. The van der Waals surface area contributed by atoms with Crippen LogP contribution in [0.4, 0.5) is 0 Å². The Balaban J connectivity index is 1.89. The minimum absolute atomic E-state index is 0.0329. The van der Waals surface area contributed by atoms with Crippen molar-refractivity contribution in [2.45, 2.75) is 13.0 Å². The quantitative estimate of drug-likeness (QED) is 0.679. The highest BCUT2D eigenvalue weighted by atomic mass is 32.1. The lowest BCUT2D eigenvalue weighted by atomic mass is 10.3. The van der Waals surface area contributed by atoms with E-state index < -0.39 is 0 Å². The van der Waals surface area contributed by atoms with Crippen molar-refractivity contribution in [2.75, 3.05) is 6.61 Å². The Bertz CT molecular complexity index is 761. The van der Waals surface area contributed by atoms with Crippen LogP contribution in [0.2, 0.25) is 0 Å². The number of aromatic nitrogens is 6. The minimum Gasteiger partial charge on any atom is -0.396 e. The van der Waals surface area contributed by atoms with Gasteiger partial charge in [0.2, 0.25) is 4.96 Å². The number of aliphatic hydroxyl groups is 1. The van der Waals surface area contributed by atoms with E-state index in [4.69, 9.17) is 5.11 Å². The van der Waals surface area contributed by atoms with Crippen molar-refractivity contribution in [2.24, 2.45) is 0 Å². The topological polar surface area (TPSA) is 98.2 Å². The summed E-state index contributed by atoms with van der Waals surface area (Å²) >= 11 is 1.30. The maximum Gasteiger partial charge on any atom is 0.275 e. The summed E-state index contributed by atoms with van der Waals surface area (Å²) in [7, 11) is 0. The summed E-state index contributed by atoms with van der Waals surface area (Å²) in [6.45, 7) is 0.396. The summed E-state index contributed by atoms with van der Waals surface area (Å²) in [5, 5.41) is 20.5. The molecule has 0 saturated heterocycles. The minimum atomic E-state index is -0.211. The van der Waals surface area contributed by atoms with Crippen molar-refractivity contribution in [1.82, 2.24) is 29.6 Å². The van der Waals surface area contributed by atoms with Crippen LogP contribution < -0.4 is 5.56 Å². The fourth-order valence-electron chi connectivity index (χ4n) is 1.69. The molecule has 0 saturated carbocycles. The van der Waals surface area contributed by atoms with E-state index >= 15 is 0 Å². The summed E-state index contributed by atoms with van der Waals surface area (Å²) in [6.07, 6.45) is 2.19. The number of rotatable bonds is 4. The summed E-state index contributed by atoms with van der Waals surface area (Å²) in [6, 6.07) is 1.43. The molecule has 0 aliphatic rings. The van der Waals surface area contributed by atoms with E-state index in [0.717, 1.165) is 0 Å². The van der Waals surface area contributed by atoms with Gasteiger partial charge in [-0.25, -0.2) is 9.67 Å². The molecule has 0 spiro atoms. The van der Waals surface area contributed by atoms with Crippen LogP contribution in [-0.2, 0) is 13.0 Å². The Labute approximate surface area is 111 Å². The highest BCUT2D eigenvalue weighted by Gasteiger charge is 2.06. The first-order chi connectivity index (χ1) is 9.26. The molecular weight excluding hydrogens is 268 g/mol. The number of hydrogen-bond acceptors (Lipinski definition) is 7. The van der Waals surface area contributed by atoms with Crippen molar-refractivity contribution < 1.29 is 5.11 Å². The van der Waals surface area contributed by atoms with Crippen LogP contribution in [0.1, 0.15) is 11.4 Å². The van der Waals surface area contributed by atoms with Crippen molar-refractivity contribution in [3.05, 3.63) is 39.5 Å². The number of hydrogen-bond donors (Lipinski definition) is 1. The highest BCUT2D eigenvalue weighted by Crippen LogP contribution is 2.05. The van der Waals surface area contributed by atoms with Crippen LogP contribution in [0.5, 0.6) is 0 Å². The summed E-state index contributed by atoms with van der Waals surface area (Å²) in [4.78, 5) is 16.6. The van der Waals surface area contributed by atoms with Crippen molar-refractivity contribution in [3.63, 3.8) is 0 Å². The van der Waals surface area contributed by atoms with Gasteiger partial charge in [0.25, 0.3) is 5.56 Å². The van der Waals surface area contributed by atoms with E-state index in [2.05, 4.69) is 20.4 Å². The standard InChI is InChI=1S/C10H10N6O2S/c17-2-1-7-4-15(14-13-7)5-8-3-9(18)16-10(12-8)19-6-11-16/h3-4,6,17H,1-2,5H2. The Hall–Kier alpha value is -2.13. The van der Waals surface area contributed by atoms with E-state index in [1.807, 2.05) is 0 Å². The summed E-state index contributed by atoms with van der Waals surface area (Å²) in [5.41, 5.74) is 2.67. The molecule has 3 aromatic heterocycles. The van der Waals surface area contributed by atoms with Gasteiger partial charge in [-0.1, -0.05) is 16.6 Å². The molecular formula is C10H10N6O2S. The zero-order valence-electron chi connectivity index (χ0n) is 9.80. The summed E-state index contributed by atoms with van der Waals surface area (Å²) < 4.78 is 2.84. The molecule has 98 valence electrons. The van der Waals surface area contributed by atoms with Gasteiger partial charge in [-0.15, -0.1) is 5.10 Å². The Morgan fingerprint density at radius 1 is 1.37 bits per heavy atom. The molecule has 0 amide bonds. The second-order valence-corrected chi connectivity index (χ2v) is 4.71. The van der Waals surface area contributed by atoms with E-state index in [1.165, 1.54) is 21.9 Å². The molecule has 3 aromatic rings. The van der Waals surface area contributed by atoms with Crippen LogP contribution in [0.3, 0.4) is 0 Å². The molecule has 0 aliphatic heterocycles. The van der Waals surface area contributed by atoms with Gasteiger partial charge < -0.3 is 5.11 Å². The Morgan fingerprint density at radius 3 is 3.11 bits per heavy atom. The maximum absolute atomic E-state index is 11.7. The fraction of sp³-hybridized carbons (Fsp3) is 0.300. The van der Waals surface area contributed by atoms with Crippen LogP contribution in [0.15, 0.2) is 22.6 Å². The third kappa shape index (κ3) is 2.37. The molecule has 0 atom stereocenters. The molecule has 0 fully saturated rings. The molecule has 0 aromatic carbocycles. The number of nitrogens with zero attached hydrogens (tertiary/aromatic N) is 6. The van der Waals surface area contributed by atoms with Gasteiger partial charge in [-0.2, -0.15) is 9.61 Å². The molecule has 3 rings (SSSR count). The normalized spacial score (nSPS) is 11.2. The van der Waals surface area contributed by atoms with Crippen LogP contribution >= 0.6 is 11.3 Å². The Morgan fingerprint density at radius 2 is 2.26 bits per heavy atom. The monoisotopic (exact) mass is 278 g/mol. The van der Waals surface area contributed by atoms with Gasteiger partial charge in [0.15, 0.2) is 0 Å². The maximum atomic E-state index is 11.7. The van der Waals surface area contributed by atoms with Gasteiger partial charge in [0.1, 0.15) is 5.51 Å². The predicted octanol–water partition coefficient (Wildman–Crippen LogP) is -0.674. The lowest BCUT2D eigenvalue weighted by Gasteiger charge is -1.99. The van der Waals surface area contributed by atoms with E-state index in [9.17, 15) is 4.79 Å². The zero-order valence-corrected chi connectivity index (χ0v) is 10.6. The largest absolute Gasteiger partial charge is 0.396 e. The van der Waals surface area contributed by atoms with E-state index in [-0.39, 0.29) is 12.2 Å². The molecule has 0 radical (unpaired) electrons. The smallest absolute Gasteiger partial charge is 0.275 e. The van der Waals surface area contributed by atoms with Crippen molar-refractivity contribution in [3.8, 4) is 0 Å². The van der Waals surface area contributed by atoms with Gasteiger partial charge >= 0.3 is 0 Å². The van der Waals surface area contributed by atoms with E-state index in [1.54, 1.807) is 16.4 Å². The SMILES string of the molecule is O=c1cc(Cn2cc(CCO)nn2)nc2scnn12. The summed E-state index contributed by atoms with van der Waals surface area (Å²) in [5.74, 6) is 0. The third-order valence-electron chi connectivity index (χ3n) is 2.52. The average molecular weight is 278 g/mol. The van der Waals surface area contributed by atoms with Crippen LogP contribution in [0.25, 0.3) is 4.96 Å². The third-order valence-corrected chi connectivity index (χ3v) is 3.19. The first kappa shape index (κ1) is 11.9. The molecule has 0 bridgehead atoms. The second kappa shape index (κ2) is 4.86. The van der Waals surface area contributed by atoms with Gasteiger partial charge in [0.05, 0.1) is 17.9 Å². The molecule has 9 heteroatoms. The zero-order chi connectivity index (χ0) is 13.2. The van der Waals surface area contributed by atoms with Crippen molar-refractivity contribution >= 4 is 16.3 Å².